The van der Waals surface area contributed by atoms with E-state index in [9.17, 15) is 0 Å². The Hall–Kier alpha value is -1.29. The number of nitrogens with one attached hydrogen (secondary N) is 1. The van der Waals surface area contributed by atoms with Gasteiger partial charge in [0.1, 0.15) is 0 Å². The lowest BCUT2D eigenvalue weighted by Gasteiger charge is -2.23. The van der Waals surface area contributed by atoms with Crippen molar-refractivity contribution in [3.8, 4) is 5.69 Å². The number of aryl methyl sites for hydroxylation is 2. The third-order valence-corrected chi connectivity index (χ3v) is 4.53. The van der Waals surface area contributed by atoms with Gasteiger partial charge in [0.05, 0.1) is 5.69 Å². The van der Waals surface area contributed by atoms with Gasteiger partial charge in [0.15, 0.2) is 0 Å². The maximum atomic E-state index is 4.68. The van der Waals surface area contributed by atoms with Crippen LogP contribution in [0.25, 0.3) is 5.69 Å². The predicted octanol–water partition coefficient (Wildman–Crippen LogP) is 5.00. The summed E-state index contributed by atoms with van der Waals surface area (Å²) >= 11 is 3.59. The maximum absolute atomic E-state index is 4.68. The van der Waals surface area contributed by atoms with Gasteiger partial charge in [-0.25, -0.2) is 4.98 Å². The first kappa shape index (κ1) is 14.6. The first-order valence-corrected chi connectivity index (χ1v) is 8.51. The molecular formula is C17H22BrN3. The second kappa shape index (κ2) is 6.22. The summed E-state index contributed by atoms with van der Waals surface area (Å²) in [5.41, 5.74) is 3.45. The van der Waals surface area contributed by atoms with Crippen LogP contribution in [0.1, 0.15) is 43.4 Å². The highest BCUT2D eigenvalue weighted by Crippen LogP contribution is 2.25. The Morgan fingerprint density at radius 2 is 1.90 bits per heavy atom. The molecule has 0 saturated heterocycles. The van der Waals surface area contributed by atoms with E-state index in [2.05, 4.69) is 62.1 Å². The van der Waals surface area contributed by atoms with E-state index in [0.29, 0.717) is 6.04 Å². The monoisotopic (exact) mass is 347 g/mol. The third kappa shape index (κ3) is 3.49. The van der Waals surface area contributed by atoms with E-state index in [4.69, 9.17) is 0 Å². The molecule has 1 saturated carbocycles. The van der Waals surface area contributed by atoms with Crippen molar-refractivity contribution in [2.24, 2.45) is 0 Å². The van der Waals surface area contributed by atoms with Crippen molar-refractivity contribution in [2.75, 3.05) is 5.32 Å². The number of anilines is 1. The predicted molar refractivity (Wildman–Crippen MR) is 91.2 cm³/mol. The van der Waals surface area contributed by atoms with Gasteiger partial charge in [-0.05, 0) is 50.5 Å². The minimum Gasteiger partial charge on any atom is -0.353 e. The Labute approximate surface area is 134 Å². The van der Waals surface area contributed by atoms with Crippen molar-refractivity contribution >= 4 is 21.9 Å². The molecule has 0 bridgehead atoms. The van der Waals surface area contributed by atoms with Gasteiger partial charge in [0.2, 0.25) is 5.95 Å². The van der Waals surface area contributed by atoms with Gasteiger partial charge in [-0.3, -0.25) is 4.57 Å². The smallest absolute Gasteiger partial charge is 0.207 e. The summed E-state index contributed by atoms with van der Waals surface area (Å²) in [5.74, 6) is 0.969. The van der Waals surface area contributed by atoms with Crippen LogP contribution in [0, 0.1) is 13.8 Å². The summed E-state index contributed by atoms with van der Waals surface area (Å²) in [6, 6.07) is 7.02. The third-order valence-electron chi connectivity index (χ3n) is 4.07. The Morgan fingerprint density at radius 1 is 1.14 bits per heavy atom. The fourth-order valence-electron chi connectivity index (χ4n) is 3.08. The van der Waals surface area contributed by atoms with Crippen LogP contribution >= 0.6 is 15.9 Å². The molecule has 4 heteroatoms. The first-order chi connectivity index (χ1) is 10.1. The summed E-state index contributed by atoms with van der Waals surface area (Å²) in [5, 5.41) is 3.64. The van der Waals surface area contributed by atoms with Gasteiger partial charge in [-0.2, -0.15) is 0 Å². The molecule has 1 fully saturated rings. The number of nitrogens with zero attached hydrogens (tertiary/aromatic N) is 2. The lowest BCUT2D eigenvalue weighted by molar-refractivity contribution is 0.460. The molecule has 3 rings (SSSR count). The van der Waals surface area contributed by atoms with Crippen LogP contribution in [0.4, 0.5) is 5.95 Å². The molecule has 0 radical (unpaired) electrons. The standard InChI is InChI=1S/C17H22BrN3/c1-12-8-14(18)10-16(9-12)21-11-13(2)19-17(21)20-15-6-4-3-5-7-15/h8-11,15H,3-7H2,1-2H3,(H,19,20). The number of halogens is 1. The molecule has 0 atom stereocenters. The van der Waals surface area contributed by atoms with Gasteiger partial charge >= 0.3 is 0 Å². The maximum Gasteiger partial charge on any atom is 0.207 e. The van der Waals surface area contributed by atoms with Crippen LogP contribution in [-0.2, 0) is 0 Å². The Balaban J connectivity index is 1.91. The second-order valence-corrected chi connectivity index (χ2v) is 6.96. The summed E-state index contributed by atoms with van der Waals surface area (Å²) in [7, 11) is 0. The molecule has 1 aliphatic rings. The number of benzene rings is 1. The SMILES string of the molecule is Cc1cc(Br)cc(-n2cc(C)nc2NC2CCCCC2)c1. The van der Waals surface area contributed by atoms with Crippen molar-refractivity contribution in [1.82, 2.24) is 9.55 Å². The molecule has 1 aromatic heterocycles. The minimum absolute atomic E-state index is 0.563. The van der Waals surface area contributed by atoms with Crippen molar-refractivity contribution in [1.29, 1.82) is 0 Å². The fourth-order valence-corrected chi connectivity index (χ4v) is 3.68. The normalized spacial score (nSPS) is 16.1. The Bertz CT molecular complexity index is 607. The highest BCUT2D eigenvalue weighted by Gasteiger charge is 2.16. The van der Waals surface area contributed by atoms with E-state index >= 15 is 0 Å². The van der Waals surface area contributed by atoms with Crippen LogP contribution in [0.15, 0.2) is 28.9 Å². The average molecular weight is 348 g/mol. The zero-order valence-corrected chi connectivity index (χ0v) is 14.3. The Morgan fingerprint density at radius 3 is 2.62 bits per heavy atom. The van der Waals surface area contributed by atoms with Crippen molar-refractivity contribution in [3.05, 3.63) is 40.1 Å². The molecule has 21 heavy (non-hydrogen) atoms. The van der Waals surface area contributed by atoms with E-state index in [0.717, 1.165) is 21.8 Å². The van der Waals surface area contributed by atoms with Gasteiger partial charge in [0, 0.05) is 22.4 Å². The number of rotatable bonds is 3. The molecule has 1 heterocycles. The summed E-state index contributed by atoms with van der Waals surface area (Å²) < 4.78 is 3.27. The molecule has 0 spiro atoms. The second-order valence-electron chi connectivity index (χ2n) is 6.04. The Kier molecular flexibility index (Phi) is 4.34. The van der Waals surface area contributed by atoms with E-state index in [1.165, 1.54) is 37.7 Å². The highest BCUT2D eigenvalue weighted by atomic mass is 79.9. The zero-order chi connectivity index (χ0) is 14.8. The quantitative estimate of drug-likeness (QED) is 0.846. The summed E-state index contributed by atoms with van der Waals surface area (Å²) in [4.78, 5) is 4.68. The van der Waals surface area contributed by atoms with Gasteiger partial charge < -0.3 is 5.32 Å². The number of aromatic nitrogens is 2. The molecule has 1 aromatic carbocycles. The van der Waals surface area contributed by atoms with E-state index in [1.54, 1.807) is 0 Å². The highest BCUT2D eigenvalue weighted by molar-refractivity contribution is 9.10. The summed E-state index contributed by atoms with van der Waals surface area (Å²) in [6.45, 7) is 4.17. The van der Waals surface area contributed by atoms with Crippen LogP contribution < -0.4 is 5.32 Å². The first-order valence-electron chi connectivity index (χ1n) is 7.72. The van der Waals surface area contributed by atoms with Crippen LogP contribution in [0.3, 0.4) is 0 Å². The molecular weight excluding hydrogens is 326 g/mol. The van der Waals surface area contributed by atoms with E-state index in [-0.39, 0.29) is 0 Å². The topological polar surface area (TPSA) is 29.9 Å². The average Bonchev–Trinajstić information content (AvgIpc) is 2.80. The van der Waals surface area contributed by atoms with Gasteiger partial charge in [-0.15, -0.1) is 0 Å². The minimum atomic E-state index is 0.563. The van der Waals surface area contributed by atoms with Crippen LogP contribution in [-0.4, -0.2) is 15.6 Å². The molecule has 112 valence electrons. The number of hydrogen-bond donors (Lipinski definition) is 1. The number of hydrogen-bond acceptors (Lipinski definition) is 2. The molecule has 0 unspecified atom stereocenters. The van der Waals surface area contributed by atoms with Crippen molar-refractivity contribution in [3.63, 3.8) is 0 Å². The van der Waals surface area contributed by atoms with E-state index < -0.39 is 0 Å². The van der Waals surface area contributed by atoms with Crippen LogP contribution in [0.2, 0.25) is 0 Å². The molecule has 0 aliphatic heterocycles. The van der Waals surface area contributed by atoms with Crippen molar-refractivity contribution in [2.45, 2.75) is 52.0 Å². The van der Waals surface area contributed by atoms with Crippen LogP contribution in [0.5, 0.6) is 0 Å². The molecule has 1 N–H and O–H groups in total. The van der Waals surface area contributed by atoms with E-state index in [1.807, 2.05) is 6.92 Å². The largest absolute Gasteiger partial charge is 0.353 e. The van der Waals surface area contributed by atoms with Gasteiger partial charge in [-0.1, -0.05) is 35.2 Å². The summed E-state index contributed by atoms with van der Waals surface area (Å²) in [6.07, 6.45) is 8.64. The van der Waals surface area contributed by atoms with Crippen molar-refractivity contribution < 1.29 is 0 Å². The zero-order valence-electron chi connectivity index (χ0n) is 12.7. The van der Waals surface area contributed by atoms with Gasteiger partial charge in [0.25, 0.3) is 0 Å². The lowest BCUT2D eigenvalue weighted by atomic mass is 9.96. The molecule has 3 nitrogen and oxygen atoms in total. The fraction of sp³-hybridized carbons (Fsp3) is 0.471. The number of imidazole rings is 1. The lowest BCUT2D eigenvalue weighted by Crippen LogP contribution is -2.24. The molecule has 1 aliphatic carbocycles. The molecule has 2 aromatic rings. The molecule has 0 amide bonds.